The Kier molecular flexibility index (Phi) is 6.93. The van der Waals surface area contributed by atoms with Gasteiger partial charge in [-0.3, -0.25) is 4.79 Å². The van der Waals surface area contributed by atoms with E-state index in [4.69, 9.17) is 4.74 Å². The van der Waals surface area contributed by atoms with Crippen LogP contribution >= 0.6 is 11.3 Å². The van der Waals surface area contributed by atoms with Crippen LogP contribution in [0, 0.1) is 11.8 Å². The molecule has 33 heavy (non-hydrogen) atoms. The number of nitrogens with zero attached hydrogens (tertiary/aromatic N) is 1. The molecular formula is C24H30N2O5S2. The Morgan fingerprint density at radius 2 is 1.85 bits per heavy atom. The number of anilines is 1. The Hall–Kier alpha value is -2.23. The highest BCUT2D eigenvalue weighted by molar-refractivity contribution is 7.89. The van der Waals surface area contributed by atoms with Crippen molar-refractivity contribution in [1.82, 2.24) is 4.31 Å². The molecule has 1 saturated heterocycles. The number of benzene rings is 1. The van der Waals surface area contributed by atoms with Crippen LogP contribution < -0.4 is 5.32 Å². The molecule has 1 aromatic heterocycles. The molecule has 1 aromatic carbocycles. The highest BCUT2D eigenvalue weighted by Crippen LogP contribution is 2.40. The fraction of sp³-hybridized carbons (Fsp3) is 0.500. The maximum Gasteiger partial charge on any atom is 0.341 e. The van der Waals surface area contributed by atoms with Crippen molar-refractivity contribution in [2.75, 3.05) is 25.5 Å². The molecule has 9 heteroatoms. The van der Waals surface area contributed by atoms with Crippen LogP contribution in [0.3, 0.4) is 0 Å². The van der Waals surface area contributed by atoms with E-state index < -0.39 is 16.0 Å². The minimum absolute atomic E-state index is 0.184. The first kappa shape index (κ1) is 23.9. The summed E-state index contributed by atoms with van der Waals surface area (Å²) in [6.07, 6.45) is 4.54. The highest BCUT2D eigenvalue weighted by Gasteiger charge is 2.30. The summed E-state index contributed by atoms with van der Waals surface area (Å²) >= 11 is 1.42. The molecule has 1 amide bonds. The fourth-order valence-electron chi connectivity index (χ4n) is 4.62. The molecule has 0 spiro atoms. The highest BCUT2D eigenvalue weighted by atomic mass is 32.2. The van der Waals surface area contributed by atoms with Crippen LogP contribution in [-0.4, -0.2) is 44.8 Å². The fourth-order valence-corrected chi connectivity index (χ4v) is 7.62. The number of fused-ring (bicyclic) bond motifs is 1. The van der Waals surface area contributed by atoms with Crippen molar-refractivity contribution in [3.8, 4) is 0 Å². The van der Waals surface area contributed by atoms with Crippen LogP contribution in [-0.2, 0) is 27.6 Å². The zero-order valence-corrected chi connectivity index (χ0v) is 20.9. The number of hydrogen-bond donors (Lipinski definition) is 1. The lowest BCUT2D eigenvalue weighted by Crippen LogP contribution is -2.39. The van der Waals surface area contributed by atoms with E-state index >= 15 is 0 Å². The molecule has 1 aliphatic carbocycles. The largest absolute Gasteiger partial charge is 0.465 e. The Labute approximate surface area is 199 Å². The Morgan fingerprint density at radius 1 is 1.12 bits per heavy atom. The number of amides is 1. The first-order valence-electron chi connectivity index (χ1n) is 11.3. The van der Waals surface area contributed by atoms with Crippen LogP contribution in [0.4, 0.5) is 5.00 Å². The summed E-state index contributed by atoms with van der Waals surface area (Å²) in [6.45, 7) is 5.27. The van der Waals surface area contributed by atoms with E-state index in [1.54, 1.807) is 0 Å². The molecule has 1 N–H and O–H groups in total. The SMILES string of the molecule is COC(=O)c1c(NC(=O)c2ccc(S(=O)(=O)N3CCCC(C)C3)cc2)sc2c1CCC(C)C2. The molecule has 1 fully saturated rings. The van der Waals surface area contributed by atoms with Crippen molar-refractivity contribution in [3.05, 3.63) is 45.8 Å². The van der Waals surface area contributed by atoms with Gasteiger partial charge in [0.05, 0.1) is 17.6 Å². The molecule has 0 saturated carbocycles. The van der Waals surface area contributed by atoms with Gasteiger partial charge in [0.2, 0.25) is 10.0 Å². The standard InChI is InChI=1S/C24H30N2O5S2/c1-15-6-11-19-20(13-15)32-23(21(19)24(28)31-3)25-22(27)17-7-9-18(10-8-17)33(29,30)26-12-4-5-16(2)14-26/h7-10,15-16H,4-6,11-14H2,1-3H3,(H,25,27). The first-order valence-corrected chi connectivity index (χ1v) is 13.6. The molecule has 0 radical (unpaired) electrons. The number of nitrogens with one attached hydrogen (secondary N) is 1. The van der Waals surface area contributed by atoms with Gasteiger partial charge in [-0.2, -0.15) is 4.31 Å². The third kappa shape index (κ3) is 4.85. The lowest BCUT2D eigenvalue weighted by atomic mass is 9.88. The molecule has 1 aliphatic heterocycles. The van der Waals surface area contributed by atoms with Crippen LogP contribution in [0.2, 0.25) is 0 Å². The van der Waals surface area contributed by atoms with Gasteiger partial charge in [0.25, 0.3) is 5.91 Å². The number of methoxy groups -OCH3 is 1. The van der Waals surface area contributed by atoms with Gasteiger partial charge in [0, 0.05) is 23.5 Å². The number of carbonyl (C=O) groups is 2. The summed E-state index contributed by atoms with van der Waals surface area (Å²) in [4.78, 5) is 26.7. The van der Waals surface area contributed by atoms with Crippen LogP contribution in [0.25, 0.3) is 0 Å². The lowest BCUT2D eigenvalue weighted by molar-refractivity contribution is 0.0601. The monoisotopic (exact) mass is 490 g/mol. The van der Waals surface area contributed by atoms with Gasteiger partial charge >= 0.3 is 5.97 Å². The average molecular weight is 491 g/mol. The minimum Gasteiger partial charge on any atom is -0.465 e. The van der Waals surface area contributed by atoms with Gasteiger partial charge in [-0.1, -0.05) is 13.8 Å². The third-order valence-corrected chi connectivity index (χ3v) is 9.55. The summed E-state index contributed by atoms with van der Waals surface area (Å²) in [7, 11) is -2.24. The van der Waals surface area contributed by atoms with Crippen LogP contribution in [0.5, 0.6) is 0 Å². The smallest absolute Gasteiger partial charge is 0.341 e. The van der Waals surface area contributed by atoms with Crippen molar-refractivity contribution < 1.29 is 22.7 Å². The molecule has 0 bridgehead atoms. The molecule has 2 heterocycles. The quantitative estimate of drug-likeness (QED) is 0.630. The van der Waals surface area contributed by atoms with Gasteiger partial charge in [-0.05, 0) is 73.8 Å². The van der Waals surface area contributed by atoms with Crippen molar-refractivity contribution in [1.29, 1.82) is 0 Å². The summed E-state index contributed by atoms with van der Waals surface area (Å²) < 4.78 is 32.4. The number of carbonyl (C=O) groups excluding carboxylic acids is 2. The zero-order chi connectivity index (χ0) is 23.8. The molecule has 178 valence electrons. The Balaban J connectivity index is 1.55. The van der Waals surface area contributed by atoms with E-state index in [-0.39, 0.29) is 10.8 Å². The van der Waals surface area contributed by atoms with Crippen molar-refractivity contribution in [3.63, 3.8) is 0 Å². The maximum atomic E-state index is 13.0. The average Bonchev–Trinajstić information content (AvgIpc) is 3.15. The molecule has 4 rings (SSSR count). The first-order chi connectivity index (χ1) is 15.7. The number of thiophene rings is 1. The second-order valence-corrected chi connectivity index (χ2v) is 12.2. The van der Waals surface area contributed by atoms with Gasteiger partial charge < -0.3 is 10.1 Å². The van der Waals surface area contributed by atoms with Gasteiger partial charge in [-0.15, -0.1) is 11.3 Å². The number of hydrogen-bond acceptors (Lipinski definition) is 6. The van der Waals surface area contributed by atoms with Crippen molar-refractivity contribution >= 4 is 38.2 Å². The van der Waals surface area contributed by atoms with Crippen molar-refractivity contribution in [2.45, 2.75) is 50.8 Å². The van der Waals surface area contributed by atoms with Crippen LogP contribution in [0.1, 0.15) is 64.3 Å². The Bertz CT molecular complexity index is 1150. The van der Waals surface area contributed by atoms with E-state index in [1.165, 1.54) is 47.0 Å². The summed E-state index contributed by atoms with van der Waals surface area (Å²) in [6, 6.07) is 5.99. The van der Waals surface area contributed by atoms with Gasteiger partial charge in [0.1, 0.15) is 5.00 Å². The second-order valence-electron chi connectivity index (χ2n) is 9.14. The predicted octanol–water partition coefficient (Wildman–Crippen LogP) is 4.33. The van der Waals surface area contributed by atoms with E-state index in [0.717, 1.165) is 42.5 Å². The number of esters is 1. The second kappa shape index (κ2) is 9.56. The lowest BCUT2D eigenvalue weighted by Gasteiger charge is -2.30. The van der Waals surface area contributed by atoms with E-state index in [9.17, 15) is 18.0 Å². The topological polar surface area (TPSA) is 92.8 Å². The van der Waals surface area contributed by atoms with E-state index in [0.29, 0.717) is 41.1 Å². The summed E-state index contributed by atoms with van der Waals surface area (Å²) in [5.74, 6) is 0.0293. The number of sulfonamides is 1. The molecule has 7 nitrogen and oxygen atoms in total. The third-order valence-electron chi connectivity index (χ3n) is 6.50. The van der Waals surface area contributed by atoms with Crippen molar-refractivity contribution in [2.24, 2.45) is 11.8 Å². The van der Waals surface area contributed by atoms with Gasteiger partial charge in [-0.25, -0.2) is 13.2 Å². The van der Waals surface area contributed by atoms with E-state index in [2.05, 4.69) is 19.2 Å². The normalized spacial score (nSPS) is 21.3. The summed E-state index contributed by atoms with van der Waals surface area (Å²) in [5.41, 5.74) is 1.74. The zero-order valence-electron chi connectivity index (χ0n) is 19.2. The van der Waals surface area contributed by atoms with Crippen LogP contribution in [0.15, 0.2) is 29.2 Å². The van der Waals surface area contributed by atoms with Gasteiger partial charge in [0.15, 0.2) is 0 Å². The molecule has 2 aromatic rings. The molecule has 2 unspecified atom stereocenters. The number of piperidine rings is 1. The predicted molar refractivity (Wildman–Crippen MR) is 128 cm³/mol. The van der Waals surface area contributed by atoms with E-state index in [1.807, 2.05) is 0 Å². The maximum absolute atomic E-state index is 13.0. The minimum atomic E-state index is -3.58. The molecule has 2 aliphatic rings. The molecular weight excluding hydrogens is 460 g/mol. The summed E-state index contributed by atoms with van der Waals surface area (Å²) in [5, 5.41) is 3.35. The Morgan fingerprint density at radius 3 is 2.52 bits per heavy atom. The number of rotatable bonds is 5. The number of ether oxygens (including phenoxy) is 1. The molecule has 2 atom stereocenters.